The van der Waals surface area contributed by atoms with Gasteiger partial charge in [-0.05, 0) is 75.4 Å². The molecule has 2 bridgehead atoms. The molecule has 118 valence electrons. The Hall–Kier alpha value is -0.130. The Morgan fingerprint density at radius 1 is 1.25 bits per heavy atom. The van der Waals surface area contributed by atoms with Crippen molar-refractivity contribution in [3.05, 3.63) is 0 Å². The van der Waals surface area contributed by atoms with Crippen molar-refractivity contribution in [1.29, 1.82) is 0 Å². The Kier molecular flexibility index (Phi) is 4.82. The molecule has 0 aromatic carbocycles. The number of nitrogens with zero attached hydrogens (tertiary/aromatic N) is 1. The molecular formula is C15H29NO3S. The van der Waals surface area contributed by atoms with Crippen LogP contribution in [0.25, 0.3) is 0 Å². The van der Waals surface area contributed by atoms with Crippen LogP contribution in [0.15, 0.2) is 0 Å². The molecule has 0 aromatic rings. The van der Waals surface area contributed by atoms with Gasteiger partial charge in [-0.15, -0.1) is 0 Å². The van der Waals surface area contributed by atoms with E-state index in [0.29, 0.717) is 11.8 Å². The number of hydrogen-bond donors (Lipinski definition) is 1. The molecule has 3 aliphatic rings. The first-order valence-electron chi connectivity index (χ1n) is 7.84. The van der Waals surface area contributed by atoms with Crippen LogP contribution in [0.4, 0.5) is 0 Å². The molecule has 20 heavy (non-hydrogen) atoms. The second-order valence-electron chi connectivity index (χ2n) is 7.43. The average molecular weight is 303 g/mol. The zero-order valence-electron chi connectivity index (χ0n) is 13.0. The van der Waals surface area contributed by atoms with Gasteiger partial charge in [0.2, 0.25) is 0 Å². The van der Waals surface area contributed by atoms with Crippen molar-refractivity contribution in [3.63, 3.8) is 0 Å². The van der Waals surface area contributed by atoms with E-state index in [1.54, 1.807) is 0 Å². The molecule has 0 heterocycles. The van der Waals surface area contributed by atoms with Crippen LogP contribution >= 0.6 is 0 Å². The Bertz CT molecular complexity index is 430. The smallest absolute Gasteiger partial charge is 0.264 e. The summed E-state index contributed by atoms with van der Waals surface area (Å²) in [7, 11) is -1.76. The van der Waals surface area contributed by atoms with E-state index in [4.69, 9.17) is 4.55 Å². The van der Waals surface area contributed by atoms with E-state index < -0.39 is 10.1 Å². The second kappa shape index (κ2) is 5.93. The zero-order chi connectivity index (χ0) is 15.0. The van der Waals surface area contributed by atoms with E-state index in [0.717, 1.165) is 30.8 Å². The van der Waals surface area contributed by atoms with Gasteiger partial charge in [0.05, 0.1) is 5.75 Å². The molecule has 0 amide bonds. The largest absolute Gasteiger partial charge is 0.306 e. The quantitative estimate of drug-likeness (QED) is 0.735. The summed E-state index contributed by atoms with van der Waals surface area (Å²) < 4.78 is 30.1. The van der Waals surface area contributed by atoms with Crippen molar-refractivity contribution in [2.45, 2.75) is 46.0 Å². The van der Waals surface area contributed by atoms with Gasteiger partial charge in [0, 0.05) is 0 Å². The van der Waals surface area contributed by atoms with Crippen LogP contribution < -0.4 is 0 Å². The van der Waals surface area contributed by atoms with Crippen molar-refractivity contribution < 1.29 is 13.0 Å². The van der Waals surface area contributed by atoms with Gasteiger partial charge in [-0.25, -0.2) is 0 Å². The summed E-state index contributed by atoms with van der Waals surface area (Å²) in [5, 5.41) is 0. The fourth-order valence-corrected chi connectivity index (χ4v) is 4.82. The number of rotatable bonds is 7. The van der Waals surface area contributed by atoms with Gasteiger partial charge in [-0.2, -0.15) is 8.42 Å². The van der Waals surface area contributed by atoms with Crippen molar-refractivity contribution in [3.8, 4) is 0 Å². The molecule has 0 saturated heterocycles. The summed E-state index contributed by atoms with van der Waals surface area (Å²) in [6.07, 6.45) is 5.92. The third-order valence-electron chi connectivity index (χ3n) is 5.82. The number of fused-ring (bicyclic) bond motifs is 2. The Labute approximate surface area is 123 Å². The summed E-state index contributed by atoms with van der Waals surface area (Å²) in [5.41, 5.74) is 0.548. The molecule has 4 nitrogen and oxygen atoms in total. The van der Waals surface area contributed by atoms with Crippen molar-refractivity contribution in [2.75, 3.05) is 25.9 Å². The van der Waals surface area contributed by atoms with Crippen molar-refractivity contribution in [1.82, 2.24) is 4.90 Å². The van der Waals surface area contributed by atoms with Gasteiger partial charge in [-0.3, -0.25) is 4.55 Å². The third-order valence-corrected chi connectivity index (χ3v) is 6.63. The number of hydrogen-bond acceptors (Lipinski definition) is 3. The van der Waals surface area contributed by atoms with Crippen LogP contribution in [0.5, 0.6) is 0 Å². The van der Waals surface area contributed by atoms with Crippen LogP contribution in [0.2, 0.25) is 0 Å². The van der Waals surface area contributed by atoms with E-state index in [-0.39, 0.29) is 5.75 Å². The van der Waals surface area contributed by atoms with Crippen LogP contribution in [0.3, 0.4) is 0 Å². The second-order valence-corrected chi connectivity index (χ2v) is 9.00. The molecule has 3 rings (SSSR count). The SMILES string of the molecule is CN(CCCS(=O)(=O)O)CC[C@@H]1CC[C@H]2C[C@@H]1C2(C)C. The van der Waals surface area contributed by atoms with E-state index in [1.807, 2.05) is 7.05 Å². The molecular weight excluding hydrogens is 274 g/mol. The molecule has 3 fully saturated rings. The van der Waals surface area contributed by atoms with E-state index >= 15 is 0 Å². The average Bonchev–Trinajstić information content (AvgIpc) is 2.34. The summed E-state index contributed by atoms with van der Waals surface area (Å²) in [4.78, 5) is 2.20. The molecule has 0 radical (unpaired) electrons. The molecule has 3 atom stereocenters. The summed E-state index contributed by atoms with van der Waals surface area (Å²) in [6.45, 7) is 6.62. The monoisotopic (exact) mass is 303 g/mol. The van der Waals surface area contributed by atoms with Crippen molar-refractivity contribution in [2.24, 2.45) is 23.2 Å². The molecule has 0 aliphatic heterocycles. The first kappa shape index (κ1) is 16.2. The summed E-state index contributed by atoms with van der Waals surface area (Å²) in [6, 6.07) is 0. The van der Waals surface area contributed by atoms with E-state index in [2.05, 4.69) is 18.7 Å². The predicted octanol–water partition coefficient (Wildman–Crippen LogP) is 2.66. The van der Waals surface area contributed by atoms with Gasteiger partial charge in [-0.1, -0.05) is 13.8 Å². The third kappa shape index (κ3) is 3.74. The minimum absolute atomic E-state index is 0.127. The minimum atomic E-state index is -3.80. The highest BCUT2D eigenvalue weighted by Gasteiger charge is 2.53. The maximum Gasteiger partial charge on any atom is 0.264 e. The summed E-state index contributed by atoms with van der Waals surface area (Å²) in [5.74, 6) is 2.57. The van der Waals surface area contributed by atoms with Crippen LogP contribution in [-0.4, -0.2) is 43.8 Å². The normalized spacial score (nSPS) is 32.1. The van der Waals surface area contributed by atoms with Gasteiger partial charge in [0.25, 0.3) is 10.1 Å². The molecule has 0 unspecified atom stereocenters. The molecule has 0 aromatic heterocycles. The van der Waals surface area contributed by atoms with Crippen LogP contribution in [0, 0.1) is 23.2 Å². The fraction of sp³-hybridized carbons (Fsp3) is 1.00. The van der Waals surface area contributed by atoms with Gasteiger partial charge < -0.3 is 4.90 Å². The topological polar surface area (TPSA) is 57.6 Å². The lowest BCUT2D eigenvalue weighted by atomic mass is 9.45. The molecule has 5 heteroatoms. The zero-order valence-corrected chi connectivity index (χ0v) is 13.8. The molecule has 3 saturated carbocycles. The lowest BCUT2D eigenvalue weighted by Crippen LogP contribution is -2.52. The highest BCUT2D eigenvalue weighted by atomic mass is 32.2. The van der Waals surface area contributed by atoms with E-state index in [9.17, 15) is 8.42 Å². The minimum Gasteiger partial charge on any atom is -0.306 e. The molecule has 0 spiro atoms. The summed E-state index contributed by atoms with van der Waals surface area (Å²) >= 11 is 0. The maximum atomic E-state index is 10.7. The lowest BCUT2D eigenvalue weighted by Gasteiger charge is -2.60. The van der Waals surface area contributed by atoms with Gasteiger partial charge in [0.1, 0.15) is 0 Å². The highest BCUT2D eigenvalue weighted by Crippen LogP contribution is 2.61. The van der Waals surface area contributed by atoms with Crippen LogP contribution in [-0.2, 0) is 10.1 Å². The van der Waals surface area contributed by atoms with E-state index in [1.165, 1.54) is 25.7 Å². The van der Waals surface area contributed by atoms with Crippen molar-refractivity contribution >= 4 is 10.1 Å². The predicted molar refractivity (Wildman–Crippen MR) is 81.2 cm³/mol. The highest BCUT2D eigenvalue weighted by molar-refractivity contribution is 7.85. The van der Waals surface area contributed by atoms with Gasteiger partial charge >= 0.3 is 0 Å². The Morgan fingerprint density at radius 2 is 1.95 bits per heavy atom. The standard InChI is InChI=1S/C15H29NO3S/c1-15(2)13-6-5-12(14(15)11-13)7-9-16(3)8-4-10-20(17,18)19/h12-14H,4-11H2,1-3H3,(H,17,18,19)/t12-,13-,14-/m0/s1. The Balaban J connectivity index is 1.67. The fourth-order valence-electron chi connectivity index (χ4n) is 4.32. The molecule has 1 N–H and O–H groups in total. The lowest BCUT2D eigenvalue weighted by molar-refractivity contribution is -0.107. The maximum absolute atomic E-state index is 10.7. The first-order valence-corrected chi connectivity index (χ1v) is 9.45. The molecule has 3 aliphatic carbocycles. The van der Waals surface area contributed by atoms with Crippen LogP contribution in [0.1, 0.15) is 46.0 Å². The van der Waals surface area contributed by atoms with Gasteiger partial charge in [0.15, 0.2) is 0 Å². The first-order chi connectivity index (χ1) is 9.20. The Morgan fingerprint density at radius 3 is 2.50 bits per heavy atom.